The first-order chi connectivity index (χ1) is 7.63. The normalized spacial score (nSPS) is 13.2. The predicted molar refractivity (Wildman–Crippen MR) is 67.2 cm³/mol. The van der Waals surface area contributed by atoms with E-state index in [1.165, 1.54) is 6.08 Å². The number of aliphatic hydroxyl groups excluding tert-OH is 1. The van der Waals surface area contributed by atoms with Gasteiger partial charge in [0.2, 0.25) is 5.91 Å². The molecule has 16 heavy (non-hydrogen) atoms. The van der Waals surface area contributed by atoms with Gasteiger partial charge in [-0.1, -0.05) is 19.9 Å². The Bertz CT molecular complexity index is 344. The number of carbonyl (C=O) groups excluding carboxylic acids is 1. The van der Waals surface area contributed by atoms with Crippen molar-refractivity contribution in [3.05, 3.63) is 28.5 Å². The second-order valence-corrected chi connectivity index (χ2v) is 4.87. The molecule has 1 aromatic heterocycles. The van der Waals surface area contributed by atoms with Crippen molar-refractivity contribution < 1.29 is 9.90 Å². The molecule has 0 aliphatic rings. The molecule has 0 fully saturated rings. The number of nitrogens with one attached hydrogen (secondary N) is 1. The van der Waals surface area contributed by atoms with Gasteiger partial charge in [-0.15, -0.1) is 11.3 Å². The monoisotopic (exact) mass is 239 g/mol. The fourth-order valence-corrected chi connectivity index (χ4v) is 1.82. The largest absolute Gasteiger partial charge is 0.394 e. The summed E-state index contributed by atoms with van der Waals surface area (Å²) in [6.45, 7) is 3.89. The molecule has 0 aliphatic carbocycles. The van der Waals surface area contributed by atoms with Gasteiger partial charge < -0.3 is 10.4 Å². The molecule has 1 amide bonds. The second kappa shape index (κ2) is 6.45. The maximum atomic E-state index is 11.5. The van der Waals surface area contributed by atoms with Gasteiger partial charge in [0.1, 0.15) is 0 Å². The molecule has 1 rings (SSSR count). The van der Waals surface area contributed by atoms with E-state index in [4.69, 9.17) is 5.11 Å². The standard InChI is InChI=1S/C12H17NO2S/c1-9(2)11(8-14)13-12(15)6-5-10-4-3-7-16-10/h3-7,9,11,14H,8H2,1-2H3,(H,13,15). The third-order valence-electron chi connectivity index (χ3n) is 2.27. The Labute approximate surface area is 99.8 Å². The Morgan fingerprint density at radius 2 is 2.38 bits per heavy atom. The van der Waals surface area contributed by atoms with Crippen molar-refractivity contribution in [3.8, 4) is 0 Å². The summed E-state index contributed by atoms with van der Waals surface area (Å²) in [6, 6.07) is 3.70. The summed E-state index contributed by atoms with van der Waals surface area (Å²) in [5, 5.41) is 13.8. The molecule has 0 bridgehead atoms. The summed E-state index contributed by atoms with van der Waals surface area (Å²) >= 11 is 1.58. The zero-order valence-electron chi connectivity index (χ0n) is 9.51. The van der Waals surface area contributed by atoms with Gasteiger partial charge in [0, 0.05) is 11.0 Å². The van der Waals surface area contributed by atoms with Crippen LogP contribution in [-0.2, 0) is 4.79 Å². The summed E-state index contributed by atoms with van der Waals surface area (Å²) in [6.07, 6.45) is 3.27. The van der Waals surface area contributed by atoms with Crippen LogP contribution in [0.2, 0.25) is 0 Å². The van der Waals surface area contributed by atoms with E-state index in [2.05, 4.69) is 5.32 Å². The van der Waals surface area contributed by atoms with Crippen LogP contribution in [-0.4, -0.2) is 23.7 Å². The molecule has 0 saturated heterocycles. The summed E-state index contributed by atoms with van der Waals surface area (Å²) in [5.41, 5.74) is 0. The van der Waals surface area contributed by atoms with E-state index >= 15 is 0 Å². The minimum atomic E-state index is -0.180. The van der Waals surface area contributed by atoms with Crippen LogP contribution in [0.25, 0.3) is 6.08 Å². The van der Waals surface area contributed by atoms with E-state index in [0.717, 1.165) is 4.88 Å². The van der Waals surface area contributed by atoms with Crippen LogP contribution in [0.4, 0.5) is 0 Å². The molecule has 4 heteroatoms. The zero-order valence-corrected chi connectivity index (χ0v) is 10.3. The van der Waals surface area contributed by atoms with Gasteiger partial charge in [0.25, 0.3) is 0 Å². The summed E-state index contributed by atoms with van der Waals surface area (Å²) in [5.74, 6) is 0.0604. The molecule has 3 nitrogen and oxygen atoms in total. The maximum absolute atomic E-state index is 11.5. The fraction of sp³-hybridized carbons (Fsp3) is 0.417. The van der Waals surface area contributed by atoms with E-state index in [1.807, 2.05) is 31.4 Å². The lowest BCUT2D eigenvalue weighted by molar-refractivity contribution is -0.117. The number of rotatable bonds is 5. The quantitative estimate of drug-likeness (QED) is 0.771. The number of carbonyl (C=O) groups is 1. The molecule has 1 unspecified atom stereocenters. The first-order valence-electron chi connectivity index (χ1n) is 5.26. The molecule has 0 aliphatic heterocycles. The molecule has 0 saturated carbocycles. The van der Waals surface area contributed by atoms with Crippen LogP contribution in [0.1, 0.15) is 18.7 Å². The average Bonchev–Trinajstić information content (AvgIpc) is 2.75. The Morgan fingerprint density at radius 1 is 1.62 bits per heavy atom. The number of thiophene rings is 1. The van der Waals surface area contributed by atoms with Crippen molar-refractivity contribution in [2.45, 2.75) is 19.9 Å². The van der Waals surface area contributed by atoms with Crippen LogP contribution in [0.15, 0.2) is 23.6 Å². The molecule has 1 aromatic rings. The lowest BCUT2D eigenvalue weighted by atomic mass is 10.1. The molecule has 0 aromatic carbocycles. The van der Waals surface area contributed by atoms with Crippen LogP contribution in [0.3, 0.4) is 0 Å². The lowest BCUT2D eigenvalue weighted by Gasteiger charge is -2.18. The van der Waals surface area contributed by atoms with E-state index in [-0.39, 0.29) is 24.5 Å². The summed E-state index contributed by atoms with van der Waals surface area (Å²) < 4.78 is 0. The van der Waals surface area contributed by atoms with Gasteiger partial charge in [0.15, 0.2) is 0 Å². The highest BCUT2D eigenvalue weighted by Crippen LogP contribution is 2.10. The fourth-order valence-electron chi connectivity index (χ4n) is 1.20. The van der Waals surface area contributed by atoms with Gasteiger partial charge in [0.05, 0.1) is 12.6 Å². The molecular weight excluding hydrogens is 222 g/mol. The topological polar surface area (TPSA) is 49.3 Å². The maximum Gasteiger partial charge on any atom is 0.244 e. The number of hydrogen-bond donors (Lipinski definition) is 2. The highest BCUT2D eigenvalue weighted by Gasteiger charge is 2.12. The first kappa shape index (κ1) is 12.9. The lowest BCUT2D eigenvalue weighted by Crippen LogP contribution is -2.40. The predicted octanol–water partition coefficient (Wildman–Crippen LogP) is 1.89. The summed E-state index contributed by atoms with van der Waals surface area (Å²) in [7, 11) is 0. The molecule has 2 N–H and O–H groups in total. The summed E-state index contributed by atoms with van der Waals surface area (Å²) in [4.78, 5) is 12.5. The van der Waals surface area contributed by atoms with Gasteiger partial charge in [-0.3, -0.25) is 4.79 Å². The zero-order chi connectivity index (χ0) is 12.0. The van der Waals surface area contributed by atoms with E-state index in [0.29, 0.717) is 0 Å². The number of aliphatic hydroxyl groups is 1. The average molecular weight is 239 g/mol. The number of hydrogen-bond acceptors (Lipinski definition) is 3. The third kappa shape index (κ3) is 4.16. The van der Waals surface area contributed by atoms with Crippen molar-refractivity contribution in [3.63, 3.8) is 0 Å². The van der Waals surface area contributed by atoms with E-state index in [1.54, 1.807) is 17.4 Å². The Hall–Kier alpha value is -1.13. The molecule has 0 radical (unpaired) electrons. The van der Waals surface area contributed by atoms with Gasteiger partial charge in [-0.2, -0.15) is 0 Å². The second-order valence-electron chi connectivity index (χ2n) is 3.89. The minimum absolute atomic E-state index is 0.0315. The number of amides is 1. The van der Waals surface area contributed by atoms with Crippen LogP contribution in [0, 0.1) is 5.92 Å². The highest BCUT2D eigenvalue weighted by molar-refractivity contribution is 7.10. The molecule has 1 heterocycles. The van der Waals surface area contributed by atoms with Crippen molar-refractivity contribution in [2.75, 3.05) is 6.61 Å². The van der Waals surface area contributed by atoms with E-state index in [9.17, 15) is 4.79 Å². The van der Waals surface area contributed by atoms with Gasteiger partial charge >= 0.3 is 0 Å². The first-order valence-corrected chi connectivity index (χ1v) is 6.14. The van der Waals surface area contributed by atoms with Crippen LogP contribution in [0.5, 0.6) is 0 Å². The van der Waals surface area contributed by atoms with Crippen molar-refractivity contribution in [1.82, 2.24) is 5.32 Å². The van der Waals surface area contributed by atoms with Crippen molar-refractivity contribution in [2.24, 2.45) is 5.92 Å². The Morgan fingerprint density at radius 3 is 2.88 bits per heavy atom. The van der Waals surface area contributed by atoms with Crippen LogP contribution >= 0.6 is 11.3 Å². The van der Waals surface area contributed by atoms with Crippen molar-refractivity contribution >= 4 is 23.3 Å². The Kier molecular flexibility index (Phi) is 5.22. The van der Waals surface area contributed by atoms with Gasteiger partial charge in [-0.25, -0.2) is 0 Å². The van der Waals surface area contributed by atoms with Gasteiger partial charge in [-0.05, 0) is 23.4 Å². The van der Waals surface area contributed by atoms with E-state index < -0.39 is 0 Å². The van der Waals surface area contributed by atoms with Crippen LogP contribution < -0.4 is 5.32 Å². The van der Waals surface area contributed by atoms with Crippen molar-refractivity contribution in [1.29, 1.82) is 0 Å². The molecule has 88 valence electrons. The minimum Gasteiger partial charge on any atom is -0.394 e. The SMILES string of the molecule is CC(C)C(CO)NC(=O)C=Cc1cccs1. The smallest absolute Gasteiger partial charge is 0.244 e. The molecular formula is C12H17NO2S. The highest BCUT2D eigenvalue weighted by atomic mass is 32.1. The Balaban J connectivity index is 2.47. The third-order valence-corrected chi connectivity index (χ3v) is 3.11. The molecule has 1 atom stereocenters. The molecule has 0 spiro atoms.